The Morgan fingerprint density at radius 1 is 0.943 bits per heavy atom. The van der Waals surface area contributed by atoms with Gasteiger partial charge in [0.2, 0.25) is 0 Å². The number of para-hydroxylation sites is 2. The minimum atomic E-state index is -0.647. The number of carbonyl (C=O) groups excluding carboxylic acids is 2. The largest absolute Gasteiger partial charge is 0.483 e. The molecule has 0 aromatic heterocycles. The standard InChI is InChI=1S/C27H25N3O4S/c1-2-33-26(32)23-24(18-11-5-3-6-12-18)29-27(35)30-25(23)20-15-9-10-16-21(20)34-17-22(31)28-19-13-7-4-8-14-19/h3-16,25H,2,17H2,1H3,(H,28,31)(H2,29,30,35)/t25-/m1/s1. The molecule has 7 nitrogen and oxygen atoms in total. The van der Waals surface area contributed by atoms with Gasteiger partial charge in [0, 0.05) is 11.3 Å². The number of amides is 1. The topological polar surface area (TPSA) is 88.7 Å². The molecule has 1 heterocycles. The van der Waals surface area contributed by atoms with Crippen molar-refractivity contribution >= 4 is 40.6 Å². The summed E-state index contributed by atoms with van der Waals surface area (Å²) >= 11 is 5.47. The summed E-state index contributed by atoms with van der Waals surface area (Å²) in [7, 11) is 0. The van der Waals surface area contributed by atoms with Crippen LogP contribution in [0.25, 0.3) is 5.70 Å². The van der Waals surface area contributed by atoms with Crippen molar-refractivity contribution in [2.24, 2.45) is 0 Å². The average Bonchev–Trinajstić information content (AvgIpc) is 2.88. The number of ether oxygens (including phenoxy) is 2. The third-order valence-electron chi connectivity index (χ3n) is 5.28. The van der Waals surface area contributed by atoms with E-state index in [2.05, 4.69) is 16.0 Å². The fourth-order valence-corrected chi connectivity index (χ4v) is 3.99. The summed E-state index contributed by atoms with van der Waals surface area (Å²) in [6.45, 7) is 1.77. The molecule has 0 bridgehead atoms. The van der Waals surface area contributed by atoms with Gasteiger partial charge in [-0.2, -0.15) is 0 Å². The Morgan fingerprint density at radius 2 is 1.60 bits per heavy atom. The van der Waals surface area contributed by atoms with Crippen LogP contribution >= 0.6 is 12.2 Å². The first-order chi connectivity index (χ1) is 17.1. The number of hydrogen-bond acceptors (Lipinski definition) is 5. The van der Waals surface area contributed by atoms with E-state index in [1.165, 1.54) is 0 Å². The zero-order valence-corrected chi connectivity index (χ0v) is 19.9. The quantitative estimate of drug-likeness (QED) is 0.324. The van der Waals surface area contributed by atoms with Crippen LogP contribution in [-0.2, 0) is 14.3 Å². The normalized spacial score (nSPS) is 15.0. The van der Waals surface area contributed by atoms with Crippen molar-refractivity contribution in [2.45, 2.75) is 13.0 Å². The predicted molar refractivity (Wildman–Crippen MR) is 139 cm³/mol. The number of nitrogens with one attached hydrogen (secondary N) is 3. The second-order valence-corrected chi connectivity index (χ2v) is 8.06. The van der Waals surface area contributed by atoms with Crippen LogP contribution in [0.15, 0.2) is 90.5 Å². The minimum absolute atomic E-state index is 0.203. The van der Waals surface area contributed by atoms with Crippen LogP contribution < -0.4 is 20.7 Å². The lowest BCUT2D eigenvalue weighted by molar-refractivity contribution is -0.138. The van der Waals surface area contributed by atoms with Crippen LogP contribution in [0.3, 0.4) is 0 Å². The van der Waals surface area contributed by atoms with Gasteiger partial charge >= 0.3 is 5.97 Å². The van der Waals surface area contributed by atoms with E-state index < -0.39 is 12.0 Å². The maximum absolute atomic E-state index is 13.1. The summed E-state index contributed by atoms with van der Waals surface area (Å²) in [6.07, 6.45) is 0. The fourth-order valence-electron chi connectivity index (χ4n) is 3.77. The number of thiocarbonyl (C=S) groups is 1. The van der Waals surface area contributed by atoms with Crippen LogP contribution in [-0.4, -0.2) is 30.2 Å². The van der Waals surface area contributed by atoms with Gasteiger partial charge in [0.15, 0.2) is 11.7 Å². The molecule has 1 atom stereocenters. The summed E-state index contributed by atoms with van der Waals surface area (Å²) in [6, 6.07) is 25.2. The van der Waals surface area contributed by atoms with Crippen molar-refractivity contribution in [1.29, 1.82) is 0 Å². The van der Waals surface area contributed by atoms with Crippen LogP contribution in [0, 0.1) is 0 Å². The van der Waals surface area contributed by atoms with Gasteiger partial charge in [-0.1, -0.05) is 66.7 Å². The molecule has 0 saturated heterocycles. The summed E-state index contributed by atoms with van der Waals surface area (Å²) in [5.41, 5.74) is 3.07. The van der Waals surface area contributed by atoms with Gasteiger partial charge in [-0.15, -0.1) is 0 Å². The highest BCUT2D eigenvalue weighted by molar-refractivity contribution is 7.80. The molecule has 178 valence electrons. The molecule has 0 radical (unpaired) electrons. The lowest BCUT2D eigenvalue weighted by atomic mass is 9.92. The van der Waals surface area contributed by atoms with E-state index in [4.69, 9.17) is 21.7 Å². The van der Waals surface area contributed by atoms with Crippen molar-refractivity contribution in [3.8, 4) is 5.75 Å². The van der Waals surface area contributed by atoms with E-state index in [1.807, 2.05) is 60.7 Å². The van der Waals surface area contributed by atoms with Gasteiger partial charge in [0.1, 0.15) is 5.75 Å². The van der Waals surface area contributed by atoms with Crippen molar-refractivity contribution in [3.63, 3.8) is 0 Å². The molecule has 0 unspecified atom stereocenters. The Kier molecular flexibility index (Phi) is 7.74. The summed E-state index contributed by atoms with van der Waals surface area (Å²) < 4.78 is 11.3. The zero-order chi connectivity index (χ0) is 24.6. The minimum Gasteiger partial charge on any atom is -0.483 e. The number of hydrogen-bond donors (Lipinski definition) is 3. The third kappa shape index (κ3) is 5.85. The molecule has 3 aromatic rings. The van der Waals surface area contributed by atoms with Gasteiger partial charge in [-0.05, 0) is 42.9 Å². The molecule has 1 aliphatic heterocycles. The van der Waals surface area contributed by atoms with Crippen LogP contribution in [0.5, 0.6) is 5.75 Å². The van der Waals surface area contributed by atoms with Crippen LogP contribution in [0.4, 0.5) is 5.69 Å². The Bertz CT molecular complexity index is 1250. The Hall–Kier alpha value is -4.17. The first kappa shape index (κ1) is 24.0. The maximum atomic E-state index is 13.1. The van der Waals surface area contributed by atoms with Crippen molar-refractivity contribution in [3.05, 3.63) is 102 Å². The highest BCUT2D eigenvalue weighted by Crippen LogP contribution is 2.36. The van der Waals surface area contributed by atoms with E-state index in [0.29, 0.717) is 33.4 Å². The number of esters is 1. The first-order valence-electron chi connectivity index (χ1n) is 11.2. The lowest BCUT2D eigenvalue weighted by Gasteiger charge is -2.32. The Balaban J connectivity index is 1.66. The number of carbonyl (C=O) groups is 2. The number of anilines is 1. The maximum Gasteiger partial charge on any atom is 0.338 e. The van der Waals surface area contributed by atoms with E-state index in [-0.39, 0.29) is 19.1 Å². The molecule has 3 N–H and O–H groups in total. The number of rotatable bonds is 8. The zero-order valence-electron chi connectivity index (χ0n) is 19.1. The molecule has 3 aromatic carbocycles. The van der Waals surface area contributed by atoms with Crippen molar-refractivity contribution in [1.82, 2.24) is 10.6 Å². The molecule has 0 fully saturated rings. The molecule has 0 spiro atoms. The fraction of sp³-hybridized carbons (Fsp3) is 0.148. The Morgan fingerprint density at radius 3 is 2.31 bits per heavy atom. The number of benzene rings is 3. The highest BCUT2D eigenvalue weighted by atomic mass is 32.1. The monoisotopic (exact) mass is 487 g/mol. The molecular weight excluding hydrogens is 462 g/mol. The van der Waals surface area contributed by atoms with Crippen LogP contribution in [0.2, 0.25) is 0 Å². The van der Waals surface area contributed by atoms with Gasteiger partial charge in [-0.3, -0.25) is 4.79 Å². The SMILES string of the molecule is CCOC(=O)C1=C(c2ccccc2)NC(=S)N[C@@H]1c1ccccc1OCC(=O)Nc1ccccc1. The molecule has 4 rings (SSSR count). The highest BCUT2D eigenvalue weighted by Gasteiger charge is 2.34. The van der Waals surface area contributed by atoms with Crippen molar-refractivity contribution in [2.75, 3.05) is 18.5 Å². The second kappa shape index (κ2) is 11.3. The molecule has 1 amide bonds. The summed E-state index contributed by atoms with van der Waals surface area (Å²) in [4.78, 5) is 25.6. The molecule has 0 aliphatic carbocycles. The average molecular weight is 488 g/mol. The van der Waals surface area contributed by atoms with E-state index >= 15 is 0 Å². The smallest absolute Gasteiger partial charge is 0.338 e. The molecule has 1 aliphatic rings. The Labute approximate surface area is 209 Å². The first-order valence-corrected chi connectivity index (χ1v) is 11.6. The second-order valence-electron chi connectivity index (χ2n) is 7.65. The van der Waals surface area contributed by atoms with Gasteiger partial charge in [-0.25, -0.2) is 4.79 Å². The lowest BCUT2D eigenvalue weighted by Crippen LogP contribution is -2.45. The van der Waals surface area contributed by atoms with Crippen molar-refractivity contribution < 1.29 is 19.1 Å². The summed E-state index contributed by atoms with van der Waals surface area (Å²) in [5, 5.41) is 9.44. The van der Waals surface area contributed by atoms with Crippen LogP contribution in [0.1, 0.15) is 24.1 Å². The molecule has 8 heteroatoms. The van der Waals surface area contributed by atoms with E-state index in [0.717, 1.165) is 5.56 Å². The molecule has 35 heavy (non-hydrogen) atoms. The molecular formula is C27H25N3O4S. The van der Waals surface area contributed by atoms with Gasteiger partial charge in [0.05, 0.1) is 23.9 Å². The molecule has 0 saturated carbocycles. The third-order valence-corrected chi connectivity index (χ3v) is 5.50. The van der Waals surface area contributed by atoms with Gasteiger partial charge in [0.25, 0.3) is 5.91 Å². The summed E-state index contributed by atoms with van der Waals surface area (Å²) in [5.74, 6) is -0.325. The van der Waals surface area contributed by atoms with E-state index in [1.54, 1.807) is 31.2 Å². The predicted octanol–water partition coefficient (Wildman–Crippen LogP) is 4.20. The van der Waals surface area contributed by atoms with E-state index in [9.17, 15) is 9.59 Å². The van der Waals surface area contributed by atoms with Gasteiger partial charge < -0.3 is 25.4 Å².